The van der Waals surface area contributed by atoms with E-state index in [-0.39, 0.29) is 30.2 Å². The Hall–Kier alpha value is -2.54. The fraction of sp³-hybridized carbons (Fsp3) is 0.353. The number of anilines is 4. The fourth-order valence-corrected chi connectivity index (χ4v) is 2.76. The molecule has 8 heteroatoms. The summed E-state index contributed by atoms with van der Waals surface area (Å²) in [6.07, 6.45) is 2.60. The van der Waals surface area contributed by atoms with Crippen molar-refractivity contribution in [3.05, 3.63) is 35.5 Å². The van der Waals surface area contributed by atoms with E-state index in [1.165, 1.54) is 5.56 Å². The highest BCUT2D eigenvalue weighted by Crippen LogP contribution is 2.32. The predicted molar refractivity (Wildman–Crippen MR) is 103 cm³/mol. The number of carbonyl (C=O) groups is 1. The maximum Gasteiger partial charge on any atom is 0.226 e. The number of rotatable bonds is 4. The normalized spacial score (nSPS) is 12.7. The predicted octanol–water partition coefficient (Wildman–Crippen LogP) is 2.22. The van der Waals surface area contributed by atoms with Crippen LogP contribution in [0.1, 0.15) is 25.0 Å². The van der Waals surface area contributed by atoms with Crippen LogP contribution >= 0.6 is 12.4 Å². The van der Waals surface area contributed by atoms with E-state index in [9.17, 15) is 4.79 Å². The van der Waals surface area contributed by atoms with Crippen molar-refractivity contribution in [3.63, 3.8) is 0 Å². The SMILES string of the molecule is CC(C)C(=O)Nc1ccc2c(c1)CCN2Cc1cnc(N)nc1N.Cl. The molecule has 0 saturated heterocycles. The van der Waals surface area contributed by atoms with Crippen LogP contribution in [0.4, 0.5) is 23.1 Å². The first-order valence-corrected chi connectivity index (χ1v) is 7.99. The molecule has 25 heavy (non-hydrogen) atoms. The maximum atomic E-state index is 11.8. The van der Waals surface area contributed by atoms with Gasteiger partial charge in [-0.15, -0.1) is 12.4 Å². The Morgan fingerprint density at radius 2 is 2.12 bits per heavy atom. The van der Waals surface area contributed by atoms with Gasteiger partial charge < -0.3 is 21.7 Å². The summed E-state index contributed by atoms with van der Waals surface area (Å²) in [5.41, 5.74) is 15.5. The van der Waals surface area contributed by atoms with Gasteiger partial charge in [0.15, 0.2) is 0 Å². The average Bonchev–Trinajstić information content (AvgIpc) is 2.92. The average molecular weight is 363 g/mol. The maximum absolute atomic E-state index is 11.8. The van der Waals surface area contributed by atoms with Crippen molar-refractivity contribution in [2.24, 2.45) is 5.92 Å². The van der Waals surface area contributed by atoms with E-state index in [0.717, 1.165) is 29.9 Å². The number of amides is 1. The molecule has 0 unspecified atom stereocenters. The summed E-state index contributed by atoms with van der Waals surface area (Å²) < 4.78 is 0. The second-order valence-electron chi connectivity index (χ2n) is 6.30. The zero-order valence-electron chi connectivity index (χ0n) is 14.3. The van der Waals surface area contributed by atoms with Gasteiger partial charge in [0, 0.05) is 42.1 Å². The van der Waals surface area contributed by atoms with Crippen molar-refractivity contribution >= 4 is 41.5 Å². The number of hydrogen-bond donors (Lipinski definition) is 3. The lowest BCUT2D eigenvalue weighted by molar-refractivity contribution is -0.118. The topological polar surface area (TPSA) is 110 Å². The van der Waals surface area contributed by atoms with Crippen LogP contribution in [-0.2, 0) is 17.8 Å². The zero-order chi connectivity index (χ0) is 17.3. The summed E-state index contributed by atoms with van der Waals surface area (Å²) in [4.78, 5) is 22.1. The Morgan fingerprint density at radius 1 is 1.36 bits per heavy atom. The molecule has 5 N–H and O–H groups in total. The lowest BCUT2D eigenvalue weighted by Crippen LogP contribution is -2.21. The Labute approximate surface area is 153 Å². The van der Waals surface area contributed by atoms with E-state index in [1.807, 2.05) is 32.0 Å². The van der Waals surface area contributed by atoms with Crippen LogP contribution in [0.15, 0.2) is 24.4 Å². The highest BCUT2D eigenvalue weighted by Gasteiger charge is 2.21. The number of nitrogens with one attached hydrogen (secondary N) is 1. The van der Waals surface area contributed by atoms with E-state index in [4.69, 9.17) is 11.5 Å². The number of hydrogen-bond acceptors (Lipinski definition) is 6. The lowest BCUT2D eigenvalue weighted by Gasteiger charge is -2.20. The number of fused-ring (bicyclic) bond motifs is 1. The number of benzene rings is 1. The number of nitrogens with two attached hydrogens (primary N) is 2. The molecule has 0 spiro atoms. The summed E-state index contributed by atoms with van der Waals surface area (Å²) in [5.74, 6) is 0.584. The van der Waals surface area contributed by atoms with Crippen molar-refractivity contribution in [1.82, 2.24) is 9.97 Å². The third kappa shape index (κ3) is 4.11. The van der Waals surface area contributed by atoms with Crippen LogP contribution in [-0.4, -0.2) is 22.4 Å². The fourth-order valence-electron chi connectivity index (χ4n) is 2.76. The van der Waals surface area contributed by atoms with Crippen molar-refractivity contribution in [2.75, 3.05) is 28.2 Å². The molecule has 0 atom stereocenters. The summed E-state index contributed by atoms with van der Waals surface area (Å²) >= 11 is 0. The Morgan fingerprint density at radius 3 is 2.80 bits per heavy atom. The molecule has 1 aromatic heterocycles. The second-order valence-corrected chi connectivity index (χ2v) is 6.30. The molecule has 1 aliphatic heterocycles. The minimum atomic E-state index is -0.0387. The van der Waals surface area contributed by atoms with Crippen molar-refractivity contribution in [1.29, 1.82) is 0 Å². The summed E-state index contributed by atoms with van der Waals surface area (Å²) in [5, 5.41) is 2.94. The molecule has 0 fully saturated rings. The number of aromatic nitrogens is 2. The van der Waals surface area contributed by atoms with Crippen LogP contribution in [0.25, 0.3) is 0 Å². The Kier molecular flexibility index (Phi) is 5.69. The van der Waals surface area contributed by atoms with Crippen LogP contribution in [0, 0.1) is 5.92 Å². The molecule has 0 aliphatic carbocycles. The second kappa shape index (κ2) is 7.57. The van der Waals surface area contributed by atoms with Crippen LogP contribution in [0.5, 0.6) is 0 Å². The highest BCUT2D eigenvalue weighted by molar-refractivity contribution is 5.92. The molecular formula is C17H23ClN6O. The monoisotopic (exact) mass is 362 g/mol. The van der Waals surface area contributed by atoms with E-state index < -0.39 is 0 Å². The molecule has 0 bridgehead atoms. The van der Waals surface area contributed by atoms with Gasteiger partial charge in [0.2, 0.25) is 11.9 Å². The Balaban J connectivity index is 0.00000225. The first kappa shape index (κ1) is 18.8. The molecule has 1 aromatic carbocycles. The molecular weight excluding hydrogens is 340 g/mol. The van der Waals surface area contributed by atoms with Crippen LogP contribution in [0.2, 0.25) is 0 Å². The molecule has 0 radical (unpaired) electrons. The first-order chi connectivity index (χ1) is 11.4. The largest absolute Gasteiger partial charge is 0.383 e. The number of halogens is 1. The minimum absolute atomic E-state index is 0. The molecule has 134 valence electrons. The van der Waals surface area contributed by atoms with Crippen molar-refractivity contribution in [3.8, 4) is 0 Å². The number of nitrogens with zero attached hydrogens (tertiary/aromatic N) is 3. The zero-order valence-corrected chi connectivity index (χ0v) is 15.1. The molecule has 2 heterocycles. The van der Waals surface area contributed by atoms with Crippen molar-refractivity contribution in [2.45, 2.75) is 26.8 Å². The summed E-state index contributed by atoms with van der Waals surface area (Å²) in [7, 11) is 0. The van der Waals surface area contributed by atoms with Gasteiger partial charge >= 0.3 is 0 Å². The van der Waals surface area contributed by atoms with E-state index in [2.05, 4.69) is 20.2 Å². The standard InChI is InChI=1S/C17H22N6O.ClH/c1-10(2)16(24)21-13-3-4-14-11(7-13)5-6-23(14)9-12-8-20-17(19)22-15(12)18;/h3-4,7-8,10H,5-6,9H2,1-2H3,(H,21,24)(H4,18,19,20,22);1H. The highest BCUT2D eigenvalue weighted by atomic mass is 35.5. The quantitative estimate of drug-likeness (QED) is 0.769. The van der Waals surface area contributed by atoms with Gasteiger partial charge in [-0.2, -0.15) is 4.98 Å². The molecule has 3 rings (SSSR count). The van der Waals surface area contributed by atoms with Gasteiger partial charge in [-0.3, -0.25) is 4.79 Å². The number of nitrogen functional groups attached to an aromatic ring is 2. The van der Waals surface area contributed by atoms with E-state index in [0.29, 0.717) is 12.4 Å². The summed E-state index contributed by atoms with van der Waals surface area (Å²) in [6, 6.07) is 6.01. The van der Waals surface area contributed by atoms with E-state index >= 15 is 0 Å². The molecule has 7 nitrogen and oxygen atoms in total. The third-order valence-corrected chi connectivity index (χ3v) is 4.14. The Bertz CT molecular complexity index is 780. The molecule has 1 amide bonds. The van der Waals surface area contributed by atoms with Gasteiger partial charge in [-0.25, -0.2) is 4.98 Å². The molecule has 0 saturated carbocycles. The third-order valence-electron chi connectivity index (χ3n) is 4.14. The molecule has 1 aliphatic rings. The summed E-state index contributed by atoms with van der Waals surface area (Å²) in [6.45, 7) is 5.28. The van der Waals surface area contributed by atoms with Gasteiger partial charge in [0.1, 0.15) is 5.82 Å². The number of carbonyl (C=O) groups excluding carboxylic acids is 1. The minimum Gasteiger partial charge on any atom is -0.383 e. The van der Waals surface area contributed by atoms with Gasteiger partial charge in [0.05, 0.1) is 0 Å². The van der Waals surface area contributed by atoms with Crippen LogP contribution < -0.4 is 21.7 Å². The van der Waals surface area contributed by atoms with Gasteiger partial charge in [-0.05, 0) is 30.2 Å². The van der Waals surface area contributed by atoms with Crippen molar-refractivity contribution < 1.29 is 4.79 Å². The van der Waals surface area contributed by atoms with Gasteiger partial charge in [-0.1, -0.05) is 13.8 Å². The van der Waals surface area contributed by atoms with Crippen LogP contribution in [0.3, 0.4) is 0 Å². The smallest absolute Gasteiger partial charge is 0.226 e. The lowest BCUT2D eigenvalue weighted by atomic mass is 10.1. The van der Waals surface area contributed by atoms with E-state index in [1.54, 1.807) is 6.20 Å². The first-order valence-electron chi connectivity index (χ1n) is 7.99. The molecule has 2 aromatic rings. The van der Waals surface area contributed by atoms with Gasteiger partial charge in [0.25, 0.3) is 0 Å².